The van der Waals surface area contributed by atoms with Gasteiger partial charge in [-0.05, 0) is 28.8 Å². The minimum Gasteiger partial charge on any atom is -0.382 e. The molecule has 0 spiro atoms. The Morgan fingerprint density at radius 3 is 2.00 bits per heavy atom. The SMILES string of the molecule is Nc1ncnn2c(C3(O)OC(COCc4ccccc4)C(OCc4ccccc4)C3OCc3ccccc3)ccc12. The van der Waals surface area contributed by atoms with Crippen molar-refractivity contribution in [1.29, 1.82) is 0 Å². The van der Waals surface area contributed by atoms with Gasteiger partial charge < -0.3 is 29.8 Å². The fraction of sp³-hybridized carbons (Fsp3) is 0.250. The second-order valence-corrected chi connectivity index (χ2v) is 9.99. The Labute approximate surface area is 238 Å². The van der Waals surface area contributed by atoms with Gasteiger partial charge in [0.25, 0.3) is 0 Å². The third-order valence-electron chi connectivity index (χ3n) is 7.18. The maximum atomic E-state index is 12.3. The predicted octanol–water partition coefficient (Wildman–Crippen LogP) is 4.24. The number of fused-ring (bicyclic) bond motifs is 1. The molecule has 9 heteroatoms. The zero-order chi connectivity index (χ0) is 28.1. The molecule has 3 aromatic carbocycles. The summed E-state index contributed by atoms with van der Waals surface area (Å²) < 4.78 is 27.0. The van der Waals surface area contributed by atoms with Gasteiger partial charge in [0, 0.05) is 0 Å². The quantitative estimate of drug-likeness (QED) is 0.250. The van der Waals surface area contributed by atoms with Crippen LogP contribution in [0.1, 0.15) is 22.4 Å². The van der Waals surface area contributed by atoms with E-state index in [9.17, 15) is 5.11 Å². The third-order valence-corrected chi connectivity index (χ3v) is 7.18. The van der Waals surface area contributed by atoms with E-state index < -0.39 is 24.1 Å². The number of nitrogens with two attached hydrogens (primary N) is 1. The molecule has 3 heterocycles. The smallest absolute Gasteiger partial charge is 0.240 e. The Morgan fingerprint density at radius 2 is 1.37 bits per heavy atom. The minimum absolute atomic E-state index is 0.169. The van der Waals surface area contributed by atoms with E-state index >= 15 is 0 Å². The molecular weight excluding hydrogens is 520 g/mol. The van der Waals surface area contributed by atoms with E-state index in [2.05, 4.69) is 10.1 Å². The van der Waals surface area contributed by atoms with Crippen molar-refractivity contribution in [3.63, 3.8) is 0 Å². The monoisotopic (exact) mass is 552 g/mol. The average molecular weight is 553 g/mol. The lowest BCUT2D eigenvalue weighted by Gasteiger charge is -2.30. The van der Waals surface area contributed by atoms with Crippen LogP contribution >= 0.6 is 0 Å². The molecule has 0 amide bonds. The number of aromatic nitrogens is 3. The van der Waals surface area contributed by atoms with Gasteiger partial charge in [-0.3, -0.25) is 0 Å². The minimum atomic E-state index is -1.93. The lowest BCUT2D eigenvalue weighted by molar-refractivity contribution is -0.255. The van der Waals surface area contributed by atoms with Crippen LogP contribution in [0.15, 0.2) is 109 Å². The first-order valence-corrected chi connectivity index (χ1v) is 13.5. The van der Waals surface area contributed by atoms with Gasteiger partial charge in [-0.25, -0.2) is 9.50 Å². The van der Waals surface area contributed by atoms with Gasteiger partial charge in [-0.2, -0.15) is 5.10 Å². The molecule has 0 saturated carbocycles. The van der Waals surface area contributed by atoms with E-state index in [-0.39, 0.29) is 19.0 Å². The molecule has 1 aliphatic rings. The molecule has 210 valence electrons. The van der Waals surface area contributed by atoms with Crippen LogP contribution in [0.25, 0.3) is 5.52 Å². The number of hydrogen-bond donors (Lipinski definition) is 2. The van der Waals surface area contributed by atoms with Crippen LogP contribution in [0.3, 0.4) is 0 Å². The zero-order valence-electron chi connectivity index (χ0n) is 22.5. The molecule has 9 nitrogen and oxygen atoms in total. The second-order valence-electron chi connectivity index (χ2n) is 9.99. The van der Waals surface area contributed by atoms with Crippen LogP contribution in [-0.2, 0) is 44.6 Å². The first-order valence-electron chi connectivity index (χ1n) is 13.5. The highest BCUT2D eigenvalue weighted by Crippen LogP contribution is 2.42. The molecule has 41 heavy (non-hydrogen) atoms. The molecule has 0 radical (unpaired) electrons. The lowest BCUT2D eigenvalue weighted by Crippen LogP contribution is -2.45. The standard InChI is InChI=1S/C32H32N4O5/c33-31-26-16-17-28(36(26)35-22-34-31)32(37)30(40-20-25-14-8-3-9-15-25)29(39-19-24-12-6-2-7-13-24)27(41-32)21-38-18-23-10-4-1-5-11-23/h1-17,22,27,29-30,37H,18-21H2,(H2,33,34,35). The van der Waals surface area contributed by atoms with Crippen molar-refractivity contribution >= 4 is 11.3 Å². The number of nitrogens with zero attached hydrogens (tertiary/aromatic N) is 3. The van der Waals surface area contributed by atoms with Crippen LogP contribution in [-0.4, -0.2) is 44.6 Å². The normalized spacial score (nSPS) is 22.3. The maximum Gasteiger partial charge on any atom is 0.240 e. The summed E-state index contributed by atoms with van der Waals surface area (Å²) in [5.74, 6) is -1.64. The Hall–Kier alpha value is -4.12. The number of anilines is 1. The van der Waals surface area contributed by atoms with Crippen molar-refractivity contribution < 1.29 is 24.1 Å². The Bertz CT molecular complexity index is 1550. The lowest BCUT2D eigenvalue weighted by atomic mass is 10.0. The highest BCUT2D eigenvalue weighted by molar-refractivity contribution is 5.65. The molecule has 0 bridgehead atoms. The van der Waals surface area contributed by atoms with Crippen molar-refractivity contribution in [3.8, 4) is 0 Å². The fourth-order valence-corrected chi connectivity index (χ4v) is 5.14. The van der Waals surface area contributed by atoms with Crippen LogP contribution in [0.5, 0.6) is 0 Å². The Kier molecular flexibility index (Phi) is 8.04. The number of nitrogen functional groups attached to an aromatic ring is 1. The van der Waals surface area contributed by atoms with Gasteiger partial charge in [0.05, 0.1) is 26.4 Å². The Balaban J connectivity index is 1.33. The number of rotatable bonds is 11. The van der Waals surface area contributed by atoms with Gasteiger partial charge in [0.1, 0.15) is 35.8 Å². The summed E-state index contributed by atoms with van der Waals surface area (Å²) >= 11 is 0. The third kappa shape index (κ3) is 5.85. The second kappa shape index (κ2) is 12.2. The number of ether oxygens (including phenoxy) is 4. The van der Waals surface area contributed by atoms with Gasteiger partial charge in [-0.1, -0.05) is 91.0 Å². The van der Waals surface area contributed by atoms with E-state index in [0.29, 0.717) is 24.4 Å². The molecule has 6 rings (SSSR count). The molecule has 0 aliphatic carbocycles. The molecule has 4 atom stereocenters. The molecule has 1 saturated heterocycles. The summed E-state index contributed by atoms with van der Waals surface area (Å²) in [5, 5.41) is 16.7. The van der Waals surface area contributed by atoms with Crippen LogP contribution in [0.4, 0.5) is 5.82 Å². The number of benzene rings is 3. The van der Waals surface area contributed by atoms with Crippen molar-refractivity contribution in [2.75, 3.05) is 12.3 Å². The molecule has 3 N–H and O–H groups in total. The van der Waals surface area contributed by atoms with E-state index in [1.54, 1.807) is 12.1 Å². The van der Waals surface area contributed by atoms with Crippen LogP contribution in [0, 0.1) is 0 Å². The fourth-order valence-electron chi connectivity index (χ4n) is 5.14. The first kappa shape index (κ1) is 27.1. The molecule has 5 aromatic rings. The molecule has 1 fully saturated rings. The summed E-state index contributed by atoms with van der Waals surface area (Å²) in [7, 11) is 0. The van der Waals surface area contributed by atoms with Gasteiger partial charge in [0.15, 0.2) is 5.82 Å². The van der Waals surface area contributed by atoms with Crippen LogP contribution in [0.2, 0.25) is 0 Å². The average Bonchev–Trinajstić information content (AvgIpc) is 3.57. The Morgan fingerprint density at radius 1 is 0.780 bits per heavy atom. The van der Waals surface area contributed by atoms with E-state index in [0.717, 1.165) is 16.7 Å². The molecular formula is C32H32N4O5. The largest absolute Gasteiger partial charge is 0.382 e. The highest BCUT2D eigenvalue weighted by Gasteiger charge is 2.58. The summed E-state index contributed by atoms with van der Waals surface area (Å²) in [6.45, 7) is 1.09. The van der Waals surface area contributed by atoms with E-state index in [1.807, 2.05) is 91.0 Å². The summed E-state index contributed by atoms with van der Waals surface area (Å²) in [4.78, 5) is 4.07. The van der Waals surface area contributed by atoms with E-state index in [1.165, 1.54) is 10.8 Å². The maximum absolute atomic E-state index is 12.3. The van der Waals surface area contributed by atoms with Gasteiger partial charge >= 0.3 is 0 Å². The predicted molar refractivity (Wildman–Crippen MR) is 152 cm³/mol. The molecule has 2 aromatic heterocycles. The van der Waals surface area contributed by atoms with Crippen LogP contribution < -0.4 is 5.73 Å². The van der Waals surface area contributed by atoms with Crippen molar-refractivity contribution in [2.45, 2.75) is 43.9 Å². The van der Waals surface area contributed by atoms with Crippen molar-refractivity contribution in [2.24, 2.45) is 0 Å². The van der Waals surface area contributed by atoms with Crippen molar-refractivity contribution in [3.05, 3.63) is 132 Å². The zero-order valence-corrected chi connectivity index (χ0v) is 22.5. The van der Waals surface area contributed by atoms with Crippen molar-refractivity contribution in [1.82, 2.24) is 14.6 Å². The topological polar surface area (TPSA) is 113 Å². The van der Waals surface area contributed by atoms with E-state index in [4.69, 9.17) is 24.7 Å². The highest BCUT2D eigenvalue weighted by atomic mass is 16.7. The molecule has 4 unspecified atom stereocenters. The summed E-state index contributed by atoms with van der Waals surface area (Å²) in [5.41, 5.74) is 9.98. The van der Waals surface area contributed by atoms with Gasteiger partial charge in [0.2, 0.25) is 5.79 Å². The summed E-state index contributed by atoms with van der Waals surface area (Å²) in [6.07, 6.45) is -0.915. The number of aliphatic hydroxyl groups is 1. The number of hydrogen-bond acceptors (Lipinski definition) is 8. The van der Waals surface area contributed by atoms with Gasteiger partial charge in [-0.15, -0.1) is 0 Å². The first-order chi connectivity index (χ1) is 20.1. The molecule has 1 aliphatic heterocycles. The summed E-state index contributed by atoms with van der Waals surface area (Å²) in [6, 6.07) is 33.0.